The monoisotopic (exact) mass is 369 g/mol. The maximum Gasteiger partial charge on any atom is 0.316 e. The van der Waals surface area contributed by atoms with Gasteiger partial charge in [-0.25, -0.2) is 0 Å². The van der Waals surface area contributed by atoms with E-state index >= 15 is 0 Å². The highest BCUT2D eigenvalue weighted by Gasteiger charge is 2.26. The van der Waals surface area contributed by atoms with Gasteiger partial charge in [0.15, 0.2) is 0 Å². The van der Waals surface area contributed by atoms with E-state index in [1.165, 1.54) is 17.3 Å². The number of piperidine rings is 1. The zero-order valence-corrected chi connectivity index (χ0v) is 15.6. The van der Waals surface area contributed by atoms with Crippen molar-refractivity contribution in [2.45, 2.75) is 35.8 Å². The Balaban J connectivity index is 1.68. The highest BCUT2D eigenvalue weighted by molar-refractivity contribution is 8.00. The summed E-state index contributed by atoms with van der Waals surface area (Å²) in [6.07, 6.45) is 1.91. The van der Waals surface area contributed by atoms with E-state index in [2.05, 4.69) is 24.3 Å². The number of benzene rings is 2. The number of carboxylic acids is 1. The van der Waals surface area contributed by atoms with Crippen LogP contribution in [0.5, 0.6) is 0 Å². The Bertz CT molecular complexity index is 770. The summed E-state index contributed by atoms with van der Waals surface area (Å²) in [5.41, 5.74) is 1.94. The van der Waals surface area contributed by atoms with Crippen LogP contribution in [0.2, 0.25) is 0 Å². The SMILES string of the molecule is CC(Sc1ccccc1C(=O)N1CCC(c2ccccc2)CC1)C(=O)O. The van der Waals surface area contributed by atoms with E-state index < -0.39 is 11.2 Å². The normalized spacial score (nSPS) is 16.3. The van der Waals surface area contributed by atoms with Crippen LogP contribution in [0.4, 0.5) is 0 Å². The molecule has 0 spiro atoms. The summed E-state index contributed by atoms with van der Waals surface area (Å²) in [6, 6.07) is 17.7. The number of carbonyl (C=O) groups is 2. The molecule has 1 aliphatic rings. The predicted molar refractivity (Wildman–Crippen MR) is 104 cm³/mol. The molecular weight excluding hydrogens is 346 g/mol. The van der Waals surface area contributed by atoms with Crippen molar-refractivity contribution >= 4 is 23.6 Å². The first kappa shape index (κ1) is 18.5. The standard InChI is InChI=1S/C21H23NO3S/c1-15(21(24)25)26-19-10-6-5-9-18(19)20(23)22-13-11-17(12-14-22)16-7-3-2-4-8-16/h2-10,15,17H,11-14H2,1H3,(H,24,25). The minimum absolute atomic E-state index is 0.00259. The van der Waals surface area contributed by atoms with Crippen LogP contribution >= 0.6 is 11.8 Å². The number of hydrogen-bond acceptors (Lipinski definition) is 3. The number of nitrogens with zero attached hydrogens (tertiary/aromatic N) is 1. The lowest BCUT2D eigenvalue weighted by Gasteiger charge is -2.32. The zero-order valence-electron chi connectivity index (χ0n) is 14.8. The zero-order chi connectivity index (χ0) is 18.5. The number of hydrogen-bond donors (Lipinski definition) is 1. The molecule has 1 amide bonds. The molecule has 1 atom stereocenters. The number of amides is 1. The third kappa shape index (κ3) is 4.28. The molecule has 0 saturated carbocycles. The summed E-state index contributed by atoms with van der Waals surface area (Å²) in [5.74, 6) is -0.380. The van der Waals surface area contributed by atoms with Crippen molar-refractivity contribution in [1.82, 2.24) is 4.90 Å². The van der Waals surface area contributed by atoms with E-state index in [0.29, 0.717) is 11.5 Å². The summed E-state index contributed by atoms with van der Waals surface area (Å²) < 4.78 is 0. The Hall–Kier alpha value is -2.27. The van der Waals surface area contributed by atoms with E-state index in [1.807, 2.05) is 29.2 Å². The van der Waals surface area contributed by atoms with E-state index in [0.717, 1.165) is 30.8 Å². The molecule has 1 fully saturated rings. The highest BCUT2D eigenvalue weighted by atomic mass is 32.2. The lowest BCUT2D eigenvalue weighted by molar-refractivity contribution is -0.136. The van der Waals surface area contributed by atoms with Crippen LogP contribution in [0.3, 0.4) is 0 Å². The predicted octanol–water partition coefficient (Wildman–Crippen LogP) is 4.27. The number of carbonyl (C=O) groups excluding carboxylic acids is 1. The van der Waals surface area contributed by atoms with Gasteiger partial charge in [-0.2, -0.15) is 0 Å². The third-order valence-electron chi connectivity index (χ3n) is 4.82. The first-order valence-electron chi connectivity index (χ1n) is 8.89. The Kier molecular flexibility index (Phi) is 5.99. The molecule has 1 heterocycles. The number of thioether (sulfide) groups is 1. The van der Waals surface area contributed by atoms with Crippen LogP contribution in [0.15, 0.2) is 59.5 Å². The van der Waals surface area contributed by atoms with Crippen LogP contribution in [-0.2, 0) is 4.79 Å². The maximum atomic E-state index is 13.0. The molecule has 0 aromatic heterocycles. The van der Waals surface area contributed by atoms with E-state index in [-0.39, 0.29) is 5.91 Å². The Morgan fingerprint density at radius 3 is 2.31 bits per heavy atom. The van der Waals surface area contributed by atoms with Crippen molar-refractivity contribution in [1.29, 1.82) is 0 Å². The van der Waals surface area contributed by atoms with Gasteiger partial charge in [-0.05, 0) is 43.4 Å². The fourth-order valence-electron chi connectivity index (χ4n) is 3.30. The van der Waals surface area contributed by atoms with Crippen molar-refractivity contribution in [3.63, 3.8) is 0 Å². The summed E-state index contributed by atoms with van der Waals surface area (Å²) in [7, 11) is 0. The van der Waals surface area contributed by atoms with E-state index in [9.17, 15) is 9.59 Å². The van der Waals surface area contributed by atoms with Crippen LogP contribution in [0, 0.1) is 0 Å². The van der Waals surface area contributed by atoms with Gasteiger partial charge >= 0.3 is 5.97 Å². The number of aliphatic carboxylic acids is 1. The molecule has 3 rings (SSSR count). The van der Waals surface area contributed by atoms with Gasteiger partial charge in [0.25, 0.3) is 5.91 Å². The molecule has 1 N–H and O–H groups in total. The maximum absolute atomic E-state index is 13.0. The first-order valence-corrected chi connectivity index (χ1v) is 9.77. The van der Waals surface area contributed by atoms with Crippen LogP contribution in [0.25, 0.3) is 0 Å². The quantitative estimate of drug-likeness (QED) is 0.800. The van der Waals surface area contributed by atoms with E-state index in [4.69, 9.17) is 5.11 Å². The molecule has 26 heavy (non-hydrogen) atoms. The molecule has 0 bridgehead atoms. The van der Waals surface area contributed by atoms with Gasteiger partial charge in [-0.1, -0.05) is 42.5 Å². The second-order valence-electron chi connectivity index (χ2n) is 6.57. The summed E-state index contributed by atoms with van der Waals surface area (Å²) >= 11 is 1.22. The lowest BCUT2D eigenvalue weighted by atomic mass is 9.89. The van der Waals surface area contributed by atoms with Gasteiger partial charge in [0, 0.05) is 18.0 Å². The summed E-state index contributed by atoms with van der Waals surface area (Å²) in [6.45, 7) is 3.09. The van der Waals surface area contributed by atoms with Gasteiger partial charge in [0.1, 0.15) is 5.25 Å². The molecule has 136 valence electrons. The Morgan fingerprint density at radius 1 is 1.04 bits per heavy atom. The lowest BCUT2D eigenvalue weighted by Crippen LogP contribution is -2.38. The first-order chi connectivity index (χ1) is 12.6. The van der Waals surface area contributed by atoms with Crippen molar-refractivity contribution in [3.8, 4) is 0 Å². The minimum atomic E-state index is -0.874. The van der Waals surface area contributed by atoms with Crippen LogP contribution in [0.1, 0.15) is 41.6 Å². The molecule has 1 saturated heterocycles. The molecule has 1 aliphatic heterocycles. The van der Waals surface area contributed by atoms with Gasteiger partial charge in [-0.15, -0.1) is 11.8 Å². The minimum Gasteiger partial charge on any atom is -0.480 e. The molecule has 2 aromatic rings. The van der Waals surface area contributed by atoms with Crippen LogP contribution in [-0.4, -0.2) is 40.2 Å². The largest absolute Gasteiger partial charge is 0.480 e. The molecule has 5 heteroatoms. The average molecular weight is 369 g/mol. The van der Waals surface area contributed by atoms with Gasteiger partial charge in [-0.3, -0.25) is 9.59 Å². The van der Waals surface area contributed by atoms with Gasteiger partial charge in [0.05, 0.1) is 5.56 Å². The van der Waals surface area contributed by atoms with Gasteiger partial charge in [0.2, 0.25) is 0 Å². The van der Waals surface area contributed by atoms with Crippen molar-refractivity contribution in [2.75, 3.05) is 13.1 Å². The van der Waals surface area contributed by atoms with E-state index in [1.54, 1.807) is 13.0 Å². The molecule has 4 nitrogen and oxygen atoms in total. The van der Waals surface area contributed by atoms with Crippen molar-refractivity contribution in [2.24, 2.45) is 0 Å². The summed E-state index contributed by atoms with van der Waals surface area (Å²) in [5, 5.41) is 8.55. The fraction of sp³-hybridized carbons (Fsp3) is 0.333. The third-order valence-corrected chi connectivity index (χ3v) is 5.99. The van der Waals surface area contributed by atoms with Crippen molar-refractivity contribution < 1.29 is 14.7 Å². The summed E-state index contributed by atoms with van der Waals surface area (Å²) in [4.78, 5) is 26.7. The molecular formula is C21H23NO3S. The Labute approximate surface area is 158 Å². The molecule has 0 radical (unpaired) electrons. The molecule has 1 unspecified atom stereocenters. The van der Waals surface area contributed by atoms with Crippen molar-refractivity contribution in [3.05, 3.63) is 65.7 Å². The number of rotatable bonds is 5. The fourth-order valence-corrected chi connectivity index (χ4v) is 4.22. The highest BCUT2D eigenvalue weighted by Crippen LogP contribution is 2.31. The average Bonchev–Trinajstić information content (AvgIpc) is 2.68. The smallest absolute Gasteiger partial charge is 0.316 e. The van der Waals surface area contributed by atoms with Crippen LogP contribution < -0.4 is 0 Å². The number of likely N-dealkylation sites (tertiary alicyclic amines) is 1. The second-order valence-corrected chi connectivity index (χ2v) is 7.95. The second kappa shape index (κ2) is 8.41. The molecule has 2 aromatic carbocycles. The topological polar surface area (TPSA) is 57.6 Å². The number of carboxylic acid groups (broad SMARTS) is 1. The molecule has 0 aliphatic carbocycles. The van der Waals surface area contributed by atoms with Gasteiger partial charge < -0.3 is 10.0 Å². The Morgan fingerprint density at radius 2 is 1.65 bits per heavy atom.